The number of hydrogen-bond acceptors (Lipinski definition) is 2. The Bertz CT molecular complexity index is 343. The summed E-state index contributed by atoms with van der Waals surface area (Å²) in [6.45, 7) is 5.06. The van der Waals surface area contributed by atoms with Gasteiger partial charge in [0.2, 0.25) is 0 Å². The van der Waals surface area contributed by atoms with E-state index in [1.807, 2.05) is 24.3 Å². The fraction of sp³-hybridized carbons (Fsp3) is 0.385. The van der Waals surface area contributed by atoms with Crippen molar-refractivity contribution in [3.63, 3.8) is 0 Å². The lowest BCUT2D eigenvalue weighted by atomic mass is 10.1. The normalized spacial score (nSPS) is 20.4. The van der Waals surface area contributed by atoms with Gasteiger partial charge in [-0.25, -0.2) is 0 Å². The van der Waals surface area contributed by atoms with Crippen LogP contribution in [0.15, 0.2) is 36.9 Å². The molecule has 1 aromatic rings. The van der Waals surface area contributed by atoms with Gasteiger partial charge in [0.1, 0.15) is 0 Å². The second kappa shape index (κ2) is 5.48. The lowest BCUT2D eigenvalue weighted by Crippen LogP contribution is -2.07. The van der Waals surface area contributed by atoms with Crippen molar-refractivity contribution in [1.29, 1.82) is 0 Å². The summed E-state index contributed by atoms with van der Waals surface area (Å²) in [5.74, 6) is 0. The average molecular weight is 239 g/mol. The summed E-state index contributed by atoms with van der Waals surface area (Å²) in [5.41, 5.74) is 1.14. The van der Waals surface area contributed by atoms with Gasteiger partial charge >= 0.3 is 0 Å². The van der Waals surface area contributed by atoms with E-state index in [1.54, 1.807) is 6.08 Å². The van der Waals surface area contributed by atoms with Gasteiger partial charge in [0.15, 0.2) is 0 Å². The minimum absolute atomic E-state index is 0.0720. The van der Waals surface area contributed by atoms with Crippen molar-refractivity contribution in [1.82, 2.24) is 0 Å². The minimum Gasteiger partial charge on any atom is -0.373 e. The molecule has 0 bridgehead atoms. The molecule has 0 N–H and O–H groups in total. The van der Waals surface area contributed by atoms with Crippen LogP contribution in [0.4, 0.5) is 0 Å². The second-order valence-electron chi connectivity index (χ2n) is 3.85. The first-order chi connectivity index (χ1) is 7.79. The molecule has 1 aliphatic heterocycles. The van der Waals surface area contributed by atoms with Crippen LogP contribution in [0.25, 0.3) is 0 Å². The SMILES string of the molecule is C=CCOC(CC1CO1)c1ccc(Cl)cc1. The number of halogens is 1. The van der Waals surface area contributed by atoms with Crippen LogP contribution in [0, 0.1) is 0 Å². The molecule has 2 atom stereocenters. The molecule has 2 unspecified atom stereocenters. The topological polar surface area (TPSA) is 21.8 Å². The van der Waals surface area contributed by atoms with Crippen molar-refractivity contribution in [3.05, 3.63) is 47.5 Å². The molecule has 0 radical (unpaired) electrons. The molecule has 0 amide bonds. The first-order valence-electron chi connectivity index (χ1n) is 5.39. The zero-order chi connectivity index (χ0) is 11.4. The van der Waals surface area contributed by atoms with Crippen LogP contribution in [0.1, 0.15) is 18.1 Å². The van der Waals surface area contributed by atoms with E-state index in [2.05, 4.69) is 6.58 Å². The second-order valence-corrected chi connectivity index (χ2v) is 4.29. The van der Waals surface area contributed by atoms with E-state index in [4.69, 9.17) is 21.1 Å². The van der Waals surface area contributed by atoms with Gasteiger partial charge in [0.25, 0.3) is 0 Å². The molecule has 1 aromatic carbocycles. The Hall–Kier alpha value is -0.830. The van der Waals surface area contributed by atoms with E-state index < -0.39 is 0 Å². The van der Waals surface area contributed by atoms with Crippen molar-refractivity contribution in [2.75, 3.05) is 13.2 Å². The van der Waals surface area contributed by atoms with Gasteiger partial charge < -0.3 is 9.47 Å². The van der Waals surface area contributed by atoms with Gasteiger partial charge in [0.05, 0.1) is 25.4 Å². The first kappa shape index (κ1) is 11.6. The van der Waals surface area contributed by atoms with Gasteiger partial charge in [-0.3, -0.25) is 0 Å². The Morgan fingerprint density at radius 3 is 2.75 bits per heavy atom. The number of rotatable bonds is 6. The van der Waals surface area contributed by atoms with Gasteiger partial charge in [-0.2, -0.15) is 0 Å². The number of epoxide rings is 1. The maximum atomic E-state index is 5.86. The highest BCUT2D eigenvalue weighted by Crippen LogP contribution is 2.29. The average Bonchev–Trinajstić information content (AvgIpc) is 3.09. The molecular weight excluding hydrogens is 224 g/mol. The lowest BCUT2D eigenvalue weighted by molar-refractivity contribution is 0.0613. The van der Waals surface area contributed by atoms with Gasteiger partial charge in [-0.15, -0.1) is 6.58 Å². The van der Waals surface area contributed by atoms with Crippen LogP contribution in [-0.2, 0) is 9.47 Å². The number of benzene rings is 1. The van der Waals surface area contributed by atoms with Crippen LogP contribution in [-0.4, -0.2) is 19.3 Å². The summed E-state index contributed by atoms with van der Waals surface area (Å²) >= 11 is 5.86. The number of hydrogen-bond donors (Lipinski definition) is 0. The Kier molecular flexibility index (Phi) is 3.99. The molecule has 2 rings (SSSR count). The predicted molar refractivity (Wildman–Crippen MR) is 64.7 cm³/mol. The van der Waals surface area contributed by atoms with Crippen molar-refractivity contribution in [2.45, 2.75) is 18.6 Å². The summed E-state index contributed by atoms with van der Waals surface area (Å²) in [6.07, 6.45) is 3.08. The molecule has 0 saturated carbocycles. The molecule has 1 aliphatic rings. The third-order valence-electron chi connectivity index (χ3n) is 2.54. The monoisotopic (exact) mass is 238 g/mol. The Morgan fingerprint density at radius 2 is 2.19 bits per heavy atom. The van der Waals surface area contributed by atoms with E-state index in [0.717, 1.165) is 23.6 Å². The third kappa shape index (κ3) is 3.34. The fourth-order valence-electron chi connectivity index (χ4n) is 1.60. The molecule has 0 spiro atoms. The van der Waals surface area contributed by atoms with E-state index in [-0.39, 0.29) is 6.10 Å². The summed E-state index contributed by atoms with van der Waals surface area (Å²) < 4.78 is 11.0. The molecule has 0 aromatic heterocycles. The quantitative estimate of drug-likeness (QED) is 0.560. The molecule has 2 nitrogen and oxygen atoms in total. The molecule has 1 fully saturated rings. The molecule has 1 heterocycles. The molecule has 3 heteroatoms. The van der Waals surface area contributed by atoms with Crippen LogP contribution < -0.4 is 0 Å². The van der Waals surface area contributed by atoms with Crippen molar-refractivity contribution in [3.8, 4) is 0 Å². The third-order valence-corrected chi connectivity index (χ3v) is 2.79. The highest BCUT2D eigenvalue weighted by molar-refractivity contribution is 6.30. The number of ether oxygens (including phenoxy) is 2. The van der Waals surface area contributed by atoms with Crippen LogP contribution in [0.5, 0.6) is 0 Å². The fourth-order valence-corrected chi connectivity index (χ4v) is 1.73. The summed E-state index contributed by atoms with van der Waals surface area (Å²) in [7, 11) is 0. The molecule has 1 saturated heterocycles. The van der Waals surface area contributed by atoms with Gasteiger partial charge in [-0.1, -0.05) is 29.8 Å². The summed E-state index contributed by atoms with van der Waals surface area (Å²) in [6, 6.07) is 7.76. The van der Waals surface area contributed by atoms with E-state index >= 15 is 0 Å². The highest BCUT2D eigenvalue weighted by atomic mass is 35.5. The predicted octanol–water partition coefficient (Wildman–Crippen LogP) is 3.37. The van der Waals surface area contributed by atoms with E-state index in [9.17, 15) is 0 Å². The molecular formula is C13H15ClO2. The Morgan fingerprint density at radius 1 is 1.50 bits per heavy atom. The van der Waals surface area contributed by atoms with E-state index in [1.165, 1.54) is 0 Å². The van der Waals surface area contributed by atoms with Crippen molar-refractivity contribution >= 4 is 11.6 Å². The lowest BCUT2D eigenvalue weighted by Gasteiger charge is -2.16. The zero-order valence-electron chi connectivity index (χ0n) is 9.06. The van der Waals surface area contributed by atoms with Gasteiger partial charge in [-0.05, 0) is 17.7 Å². The molecule has 0 aliphatic carbocycles. The maximum absolute atomic E-state index is 5.86. The Labute approximate surface area is 101 Å². The summed E-state index contributed by atoms with van der Waals surface area (Å²) in [4.78, 5) is 0. The molecule has 16 heavy (non-hydrogen) atoms. The Balaban J connectivity index is 2.03. The van der Waals surface area contributed by atoms with Gasteiger partial charge in [0, 0.05) is 11.4 Å². The first-order valence-corrected chi connectivity index (χ1v) is 5.77. The minimum atomic E-state index is 0.0720. The zero-order valence-corrected chi connectivity index (χ0v) is 9.82. The molecule has 86 valence electrons. The summed E-state index contributed by atoms with van der Waals surface area (Å²) in [5, 5.41) is 0.744. The van der Waals surface area contributed by atoms with Crippen molar-refractivity contribution < 1.29 is 9.47 Å². The standard InChI is InChI=1S/C13H15ClO2/c1-2-7-15-13(8-12-9-16-12)10-3-5-11(14)6-4-10/h2-6,12-13H,1,7-9H2. The van der Waals surface area contributed by atoms with Crippen molar-refractivity contribution in [2.24, 2.45) is 0 Å². The van der Waals surface area contributed by atoms with Crippen LogP contribution in [0.2, 0.25) is 5.02 Å². The van der Waals surface area contributed by atoms with E-state index in [0.29, 0.717) is 12.7 Å². The smallest absolute Gasteiger partial charge is 0.0854 e. The van der Waals surface area contributed by atoms with Crippen LogP contribution >= 0.6 is 11.6 Å². The highest BCUT2D eigenvalue weighted by Gasteiger charge is 2.27. The largest absolute Gasteiger partial charge is 0.373 e. The maximum Gasteiger partial charge on any atom is 0.0854 e. The van der Waals surface area contributed by atoms with Crippen LogP contribution in [0.3, 0.4) is 0 Å².